The highest BCUT2D eigenvalue weighted by atomic mass is 35.5. The first-order chi connectivity index (χ1) is 9.72. The van der Waals surface area contributed by atoms with Crippen molar-refractivity contribution in [3.8, 4) is 0 Å². The molecule has 0 aliphatic carbocycles. The summed E-state index contributed by atoms with van der Waals surface area (Å²) in [6.07, 6.45) is 6.84. The van der Waals surface area contributed by atoms with E-state index in [0.717, 1.165) is 5.56 Å². The van der Waals surface area contributed by atoms with Gasteiger partial charge in [-0.05, 0) is 23.8 Å². The van der Waals surface area contributed by atoms with Crippen molar-refractivity contribution >= 4 is 23.6 Å². The molecule has 1 aliphatic rings. The van der Waals surface area contributed by atoms with Crippen molar-refractivity contribution in [3.05, 3.63) is 53.3 Å². The molecule has 102 valence electrons. The second-order valence-corrected chi connectivity index (χ2v) is 5.10. The molecule has 1 aliphatic heterocycles. The van der Waals surface area contributed by atoms with Gasteiger partial charge in [0.15, 0.2) is 0 Å². The van der Waals surface area contributed by atoms with Crippen molar-refractivity contribution < 1.29 is 4.79 Å². The Morgan fingerprint density at radius 3 is 2.70 bits per heavy atom. The molecule has 20 heavy (non-hydrogen) atoms. The summed E-state index contributed by atoms with van der Waals surface area (Å²) in [5, 5.41) is 8.38. The van der Waals surface area contributed by atoms with E-state index in [1.165, 1.54) is 0 Å². The maximum absolute atomic E-state index is 11.9. The van der Waals surface area contributed by atoms with E-state index in [4.69, 9.17) is 11.6 Å². The monoisotopic (exact) mass is 288 g/mol. The zero-order valence-electron chi connectivity index (χ0n) is 10.7. The third-order valence-corrected chi connectivity index (χ3v) is 3.53. The van der Waals surface area contributed by atoms with E-state index in [-0.39, 0.29) is 11.9 Å². The molecule has 0 N–H and O–H groups in total. The molecule has 0 spiro atoms. The van der Waals surface area contributed by atoms with Crippen LogP contribution in [0.2, 0.25) is 5.02 Å². The smallest absolute Gasteiger partial charge is 0.246 e. The average Bonchev–Trinajstić information content (AvgIpc) is 2.90. The van der Waals surface area contributed by atoms with Crippen LogP contribution in [0.25, 0.3) is 6.08 Å². The number of carbonyl (C=O) groups is 1. The van der Waals surface area contributed by atoms with Crippen molar-refractivity contribution in [2.75, 3.05) is 13.1 Å². The lowest BCUT2D eigenvalue weighted by molar-refractivity contribution is -0.131. The minimum absolute atomic E-state index is 0.0105. The first-order valence-corrected chi connectivity index (χ1v) is 6.68. The van der Waals surface area contributed by atoms with Crippen LogP contribution in [0.4, 0.5) is 0 Å². The summed E-state index contributed by atoms with van der Waals surface area (Å²) < 4.78 is 1.78. The minimum atomic E-state index is 0.0105. The highest BCUT2D eigenvalue weighted by Crippen LogP contribution is 2.20. The van der Waals surface area contributed by atoms with Gasteiger partial charge in [0.2, 0.25) is 5.91 Å². The molecule has 1 fully saturated rings. The van der Waals surface area contributed by atoms with Crippen LogP contribution in [0.15, 0.2) is 42.7 Å². The Kier molecular flexibility index (Phi) is 3.52. The molecule has 1 aromatic carbocycles. The molecule has 1 aromatic heterocycles. The van der Waals surface area contributed by atoms with Crippen LogP contribution >= 0.6 is 11.6 Å². The number of carbonyl (C=O) groups excluding carboxylic acids is 1. The van der Waals surface area contributed by atoms with Gasteiger partial charge in [0.05, 0.1) is 12.2 Å². The number of aromatic nitrogens is 3. The quantitative estimate of drug-likeness (QED) is 0.812. The van der Waals surface area contributed by atoms with Crippen LogP contribution in [-0.4, -0.2) is 38.9 Å². The molecular weight excluding hydrogens is 276 g/mol. The van der Waals surface area contributed by atoms with E-state index in [0.29, 0.717) is 18.1 Å². The van der Waals surface area contributed by atoms with E-state index in [9.17, 15) is 4.79 Å². The summed E-state index contributed by atoms with van der Waals surface area (Å²) in [6, 6.07) is 7.60. The van der Waals surface area contributed by atoms with Gasteiger partial charge in [-0.25, -0.2) is 4.68 Å². The highest BCUT2D eigenvalue weighted by molar-refractivity contribution is 6.30. The van der Waals surface area contributed by atoms with Crippen LogP contribution in [0.1, 0.15) is 11.6 Å². The lowest BCUT2D eigenvalue weighted by Crippen LogP contribution is -2.50. The lowest BCUT2D eigenvalue weighted by Gasteiger charge is -2.38. The van der Waals surface area contributed by atoms with Crippen LogP contribution < -0.4 is 0 Å². The second-order valence-electron chi connectivity index (χ2n) is 4.66. The van der Waals surface area contributed by atoms with Gasteiger partial charge in [-0.3, -0.25) is 4.79 Å². The number of hydrogen-bond donors (Lipinski definition) is 0. The molecule has 2 aromatic rings. The number of halogens is 1. The Hall–Kier alpha value is -2.14. The second kappa shape index (κ2) is 5.46. The number of amides is 1. The fraction of sp³-hybridized carbons (Fsp3) is 0.214. The number of hydrogen-bond acceptors (Lipinski definition) is 3. The SMILES string of the molecule is O=C(/C=C/c1ccc(Cl)cc1)N1CC(n2ccnn2)C1. The van der Waals surface area contributed by atoms with Crippen molar-refractivity contribution in [3.63, 3.8) is 0 Å². The summed E-state index contributed by atoms with van der Waals surface area (Å²) in [5.41, 5.74) is 0.955. The fourth-order valence-electron chi connectivity index (χ4n) is 2.06. The van der Waals surface area contributed by atoms with E-state index >= 15 is 0 Å². The highest BCUT2D eigenvalue weighted by Gasteiger charge is 2.31. The normalized spacial score (nSPS) is 15.6. The van der Waals surface area contributed by atoms with E-state index in [2.05, 4.69) is 10.3 Å². The standard InChI is InChI=1S/C14H13ClN4O/c15-12-4-1-11(2-5-12)3-6-14(20)18-9-13(10-18)19-8-7-16-17-19/h1-8,13H,9-10H2/b6-3+. The molecule has 6 heteroatoms. The van der Waals surface area contributed by atoms with Gasteiger partial charge < -0.3 is 4.90 Å². The van der Waals surface area contributed by atoms with Gasteiger partial charge in [0.25, 0.3) is 0 Å². The summed E-state index contributed by atoms with van der Waals surface area (Å²) in [7, 11) is 0. The van der Waals surface area contributed by atoms with Gasteiger partial charge in [-0.1, -0.05) is 28.9 Å². The third kappa shape index (κ3) is 2.72. The first-order valence-electron chi connectivity index (χ1n) is 6.31. The van der Waals surface area contributed by atoms with Crippen molar-refractivity contribution in [1.29, 1.82) is 0 Å². The topological polar surface area (TPSA) is 51.0 Å². The predicted octanol–water partition coefficient (Wildman–Crippen LogP) is 2.03. The number of rotatable bonds is 3. The Balaban J connectivity index is 1.55. The molecule has 0 radical (unpaired) electrons. The van der Waals surface area contributed by atoms with E-state index in [1.54, 1.807) is 40.1 Å². The first kappa shape index (κ1) is 12.9. The van der Waals surface area contributed by atoms with Gasteiger partial charge in [0.1, 0.15) is 0 Å². The van der Waals surface area contributed by atoms with Crippen molar-refractivity contribution in [2.45, 2.75) is 6.04 Å². The lowest BCUT2D eigenvalue weighted by atomic mass is 10.1. The summed E-state index contributed by atoms with van der Waals surface area (Å²) in [6.45, 7) is 1.35. The maximum Gasteiger partial charge on any atom is 0.246 e. The molecule has 0 unspecified atom stereocenters. The van der Waals surface area contributed by atoms with Crippen LogP contribution in [0.3, 0.4) is 0 Å². The predicted molar refractivity (Wildman–Crippen MR) is 76.1 cm³/mol. The molecule has 5 nitrogen and oxygen atoms in total. The van der Waals surface area contributed by atoms with E-state index in [1.807, 2.05) is 18.3 Å². The number of nitrogens with zero attached hydrogens (tertiary/aromatic N) is 4. The maximum atomic E-state index is 11.9. The van der Waals surface area contributed by atoms with Crippen molar-refractivity contribution in [2.24, 2.45) is 0 Å². The molecule has 0 saturated carbocycles. The summed E-state index contributed by atoms with van der Waals surface area (Å²) in [5.74, 6) is 0.0105. The van der Waals surface area contributed by atoms with Crippen LogP contribution in [-0.2, 0) is 4.79 Å². The minimum Gasteiger partial charge on any atom is -0.335 e. The molecular formula is C14H13ClN4O. The Morgan fingerprint density at radius 2 is 2.05 bits per heavy atom. The zero-order chi connectivity index (χ0) is 13.9. The molecule has 3 rings (SSSR count). The van der Waals surface area contributed by atoms with Gasteiger partial charge in [-0.15, -0.1) is 5.10 Å². The van der Waals surface area contributed by atoms with Gasteiger partial charge >= 0.3 is 0 Å². The van der Waals surface area contributed by atoms with Crippen LogP contribution in [0, 0.1) is 0 Å². The molecule has 0 bridgehead atoms. The summed E-state index contributed by atoms with van der Waals surface area (Å²) >= 11 is 5.81. The molecule has 0 atom stereocenters. The fourth-order valence-corrected chi connectivity index (χ4v) is 2.19. The van der Waals surface area contributed by atoms with E-state index < -0.39 is 0 Å². The number of likely N-dealkylation sites (tertiary alicyclic amines) is 1. The Bertz CT molecular complexity index is 615. The zero-order valence-corrected chi connectivity index (χ0v) is 11.4. The van der Waals surface area contributed by atoms with Crippen molar-refractivity contribution in [1.82, 2.24) is 19.9 Å². The Labute approximate surface area is 121 Å². The number of benzene rings is 1. The van der Waals surface area contributed by atoms with Gasteiger partial charge in [-0.2, -0.15) is 0 Å². The third-order valence-electron chi connectivity index (χ3n) is 3.28. The van der Waals surface area contributed by atoms with Gasteiger partial charge in [0, 0.05) is 30.4 Å². The average molecular weight is 289 g/mol. The molecule has 2 heterocycles. The largest absolute Gasteiger partial charge is 0.335 e. The van der Waals surface area contributed by atoms with Crippen LogP contribution in [0.5, 0.6) is 0 Å². The molecule has 1 amide bonds. The molecule has 1 saturated heterocycles. The summed E-state index contributed by atoms with van der Waals surface area (Å²) in [4.78, 5) is 13.7. The Morgan fingerprint density at radius 1 is 1.30 bits per heavy atom.